The number of rotatable bonds is 5. The second-order valence-electron chi connectivity index (χ2n) is 7.31. The van der Waals surface area contributed by atoms with E-state index in [2.05, 4.69) is 10.7 Å². The lowest BCUT2D eigenvalue weighted by Crippen LogP contribution is -2.48. The molecule has 170 valence electrons. The Hall–Kier alpha value is -3.60. The van der Waals surface area contributed by atoms with Gasteiger partial charge in [0, 0.05) is 35.6 Å². The zero-order chi connectivity index (χ0) is 23.6. The van der Waals surface area contributed by atoms with Crippen LogP contribution in [0, 0.1) is 18.6 Å². The number of alkyl halides is 2. The molecule has 0 aliphatic carbocycles. The van der Waals surface area contributed by atoms with Crippen LogP contribution in [0.15, 0.2) is 47.8 Å². The summed E-state index contributed by atoms with van der Waals surface area (Å²) < 4.78 is 57.6. The fraction of sp³-hybridized carbons (Fsp3) is 0.238. The first-order valence-electron chi connectivity index (χ1n) is 9.53. The number of hydrogen-bond acceptors (Lipinski definition) is 5. The molecule has 0 unspecified atom stereocenters. The number of anilines is 1. The predicted octanol–water partition coefficient (Wildman–Crippen LogP) is 2.48. The number of amides is 2. The van der Waals surface area contributed by atoms with E-state index in [1.54, 1.807) is 0 Å². The number of halogens is 4. The smallest absolute Gasteiger partial charge is 0.352 e. The van der Waals surface area contributed by atoms with Gasteiger partial charge < -0.3 is 21.4 Å². The van der Waals surface area contributed by atoms with Gasteiger partial charge in [0.25, 0.3) is 11.8 Å². The van der Waals surface area contributed by atoms with Gasteiger partial charge in [0.1, 0.15) is 11.6 Å². The zero-order valence-electron chi connectivity index (χ0n) is 17.0. The van der Waals surface area contributed by atoms with Crippen molar-refractivity contribution in [2.45, 2.75) is 19.3 Å². The van der Waals surface area contributed by atoms with E-state index in [4.69, 9.17) is 11.6 Å². The molecular weight excluding hydrogens is 430 g/mol. The van der Waals surface area contributed by atoms with Crippen LogP contribution in [0.25, 0.3) is 0 Å². The third-order valence-corrected chi connectivity index (χ3v) is 5.09. The maximum absolute atomic E-state index is 15.0. The maximum Gasteiger partial charge on any atom is 0.352 e. The van der Waals surface area contributed by atoms with Crippen LogP contribution >= 0.6 is 0 Å². The van der Waals surface area contributed by atoms with Crippen LogP contribution in [0.5, 0.6) is 0 Å². The molecule has 0 radical (unpaired) electrons. The molecule has 2 aromatic rings. The van der Waals surface area contributed by atoms with Crippen molar-refractivity contribution >= 4 is 17.5 Å². The van der Waals surface area contributed by atoms with Crippen LogP contribution in [-0.4, -0.2) is 29.8 Å². The highest BCUT2D eigenvalue weighted by Gasteiger charge is 2.46. The molecule has 2 amide bonds. The summed E-state index contributed by atoms with van der Waals surface area (Å²) in [4.78, 5) is 25.8. The molecule has 2 aromatic carbocycles. The summed E-state index contributed by atoms with van der Waals surface area (Å²) in [6, 6.07) is 6.09. The van der Waals surface area contributed by atoms with Gasteiger partial charge >= 0.3 is 5.92 Å². The van der Waals surface area contributed by atoms with Crippen molar-refractivity contribution < 1.29 is 27.2 Å². The van der Waals surface area contributed by atoms with Crippen LogP contribution in [-0.2, 0) is 10.7 Å². The van der Waals surface area contributed by atoms with Gasteiger partial charge in [0.2, 0.25) is 0 Å². The van der Waals surface area contributed by atoms with E-state index in [1.165, 1.54) is 19.1 Å². The van der Waals surface area contributed by atoms with Gasteiger partial charge in [-0.3, -0.25) is 15.4 Å². The van der Waals surface area contributed by atoms with Crippen molar-refractivity contribution in [3.63, 3.8) is 0 Å². The average Bonchev–Trinajstić information content (AvgIpc) is 2.75. The normalized spacial score (nSPS) is 14.4. The first-order valence-corrected chi connectivity index (χ1v) is 9.53. The largest absolute Gasteiger partial charge is 0.399 e. The first-order chi connectivity index (χ1) is 15.0. The molecule has 1 aliphatic heterocycles. The quantitative estimate of drug-likeness (QED) is 0.317. The summed E-state index contributed by atoms with van der Waals surface area (Å²) in [5.74, 6) is -3.27. The molecule has 1 heterocycles. The number of carbonyl (C=O) groups is 2. The minimum atomic E-state index is -4.25. The van der Waals surface area contributed by atoms with Crippen molar-refractivity contribution in [2.75, 3.05) is 18.4 Å². The second-order valence-corrected chi connectivity index (χ2v) is 7.31. The van der Waals surface area contributed by atoms with Crippen molar-refractivity contribution in [1.82, 2.24) is 10.3 Å². The van der Waals surface area contributed by atoms with E-state index >= 15 is 0 Å². The van der Waals surface area contributed by atoms with E-state index in [0.29, 0.717) is 17.8 Å². The van der Waals surface area contributed by atoms with Crippen LogP contribution in [0.1, 0.15) is 27.9 Å². The van der Waals surface area contributed by atoms with Crippen molar-refractivity contribution in [1.29, 1.82) is 0 Å². The third-order valence-electron chi connectivity index (χ3n) is 5.09. The molecule has 32 heavy (non-hydrogen) atoms. The lowest BCUT2D eigenvalue weighted by Gasteiger charge is -2.31. The van der Waals surface area contributed by atoms with Crippen LogP contribution in [0.3, 0.4) is 0 Å². The van der Waals surface area contributed by atoms with E-state index in [-0.39, 0.29) is 42.0 Å². The van der Waals surface area contributed by atoms with Gasteiger partial charge in [-0.1, -0.05) is 0 Å². The molecule has 7 nitrogen and oxygen atoms in total. The molecule has 0 fully saturated rings. The predicted molar refractivity (Wildman–Crippen MR) is 109 cm³/mol. The Kier molecular flexibility index (Phi) is 6.40. The molecular formula is C21H21F4N5O2. The maximum atomic E-state index is 15.0. The number of benzene rings is 2. The number of aryl methyl sites for hydroxylation is 1. The van der Waals surface area contributed by atoms with Crippen LogP contribution in [0.2, 0.25) is 0 Å². The summed E-state index contributed by atoms with van der Waals surface area (Å²) in [6.45, 7) is 1.09. The van der Waals surface area contributed by atoms with E-state index < -0.39 is 34.9 Å². The standard InChI is InChI=1S/C21H21F4N5O2/c1-11-8-13(3-5-15(11)22)28-19(31)12-2-4-16(23)14(9-12)21(24,25)20(32)30-7-6-18(29-27)17(26)10-30/h2-5,8-9,29H,6-7,10,26-27H2,1H3,(H,28,31). The molecule has 11 heteroatoms. The Bertz CT molecular complexity index is 1100. The molecule has 0 saturated heterocycles. The molecule has 0 aromatic heterocycles. The van der Waals surface area contributed by atoms with Crippen LogP contribution < -0.4 is 22.3 Å². The van der Waals surface area contributed by atoms with Gasteiger partial charge in [-0.05, 0) is 48.9 Å². The number of hydrazine groups is 1. The summed E-state index contributed by atoms with van der Waals surface area (Å²) in [6.07, 6.45) is 0.131. The Morgan fingerprint density at radius 2 is 1.78 bits per heavy atom. The number of nitrogens with two attached hydrogens (primary N) is 2. The number of hydrogen-bond donors (Lipinski definition) is 4. The fourth-order valence-corrected chi connectivity index (χ4v) is 3.27. The minimum Gasteiger partial charge on any atom is -0.399 e. The van der Waals surface area contributed by atoms with E-state index in [9.17, 15) is 27.2 Å². The highest BCUT2D eigenvalue weighted by Crippen LogP contribution is 2.34. The van der Waals surface area contributed by atoms with Gasteiger partial charge in [-0.25, -0.2) is 8.78 Å². The average molecular weight is 451 g/mol. The lowest BCUT2D eigenvalue weighted by molar-refractivity contribution is -0.159. The zero-order valence-corrected chi connectivity index (χ0v) is 17.0. The molecule has 0 saturated carbocycles. The van der Waals surface area contributed by atoms with Crippen LogP contribution in [0.4, 0.5) is 23.2 Å². The van der Waals surface area contributed by atoms with Crippen molar-refractivity contribution in [2.24, 2.45) is 11.6 Å². The molecule has 0 bridgehead atoms. The molecule has 6 N–H and O–H groups in total. The number of carbonyl (C=O) groups excluding carboxylic acids is 2. The molecule has 1 aliphatic rings. The Morgan fingerprint density at radius 1 is 1.09 bits per heavy atom. The van der Waals surface area contributed by atoms with Crippen molar-refractivity contribution in [3.8, 4) is 0 Å². The third kappa shape index (κ3) is 4.52. The van der Waals surface area contributed by atoms with E-state index in [0.717, 1.165) is 17.0 Å². The SMILES string of the molecule is Cc1cc(NC(=O)c2ccc(F)c(C(F)(F)C(=O)N3CCC(NN)=C(N)C3)c2)ccc1F. The molecule has 0 spiro atoms. The Balaban J connectivity index is 1.85. The fourth-order valence-electron chi connectivity index (χ4n) is 3.27. The lowest BCUT2D eigenvalue weighted by atomic mass is 10.0. The monoisotopic (exact) mass is 451 g/mol. The van der Waals surface area contributed by atoms with Gasteiger partial charge in [-0.2, -0.15) is 8.78 Å². The second kappa shape index (κ2) is 8.87. The van der Waals surface area contributed by atoms with Crippen molar-refractivity contribution in [3.05, 3.63) is 76.1 Å². The Morgan fingerprint density at radius 3 is 2.41 bits per heavy atom. The van der Waals surface area contributed by atoms with E-state index in [1.807, 2.05) is 0 Å². The summed E-state index contributed by atoms with van der Waals surface area (Å²) >= 11 is 0. The minimum absolute atomic E-state index is 0.0969. The highest BCUT2D eigenvalue weighted by molar-refractivity contribution is 6.04. The Labute approximate surface area is 181 Å². The van der Waals surface area contributed by atoms with Gasteiger partial charge in [0.15, 0.2) is 0 Å². The number of nitrogens with one attached hydrogen (secondary N) is 2. The highest BCUT2D eigenvalue weighted by atomic mass is 19.3. The summed E-state index contributed by atoms with van der Waals surface area (Å²) in [7, 11) is 0. The van der Waals surface area contributed by atoms with Gasteiger partial charge in [-0.15, -0.1) is 0 Å². The molecule has 0 atom stereocenters. The summed E-state index contributed by atoms with van der Waals surface area (Å²) in [5, 5.41) is 2.42. The molecule has 3 rings (SSSR count). The first kappa shape index (κ1) is 23.1. The topological polar surface area (TPSA) is 113 Å². The number of nitrogens with zero attached hydrogens (tertiary/aromatic N) is 1. The van der Waals surface area contributed by atoms with Gasteiger partial charge in [0.05, 0.1) is 12.1 Å². The summed E-state index contributed by atoms with van der Waals surface area (Å²) in [5.41, 5.74) is 7.57.